The van der Waals surface area contributed by atoms with Gasteiger partial charge in [-0.25, -0.2) is 4.98 Å². The molecule has 2 aromatic heterocycles. The van der Waals surface area contributed by atoms with Crippen molar-refractivity contribution < 1.29 is 9.90 Å². The number of nitrogen functional groups attached to an aromatic ring is 1. The standard InChI is InChI=1S/C26H21N3O2/c27-26-23-7-3-6-21(22(23)10-12-28-26)19-9-8-17-11-13-29(24(17)14-19)16-20-5-2-1-4-18(20)15-25(30)31/h1-14H,15-16H2,(H2,27,28)(H,30,31). The summed E-state index contributed by atoms with van der Waals surface area (Å²) in [6, 6.07) is 24.3. The second-order valence-electron chi connectivity index (χ2n) is 7.65. The SMILES string of the molecule is Nc1nccc2c(-c3ccc4ccn(Cc5ccccc5CC(=O)O)c4c3)cccc12. The number of anilines is 1. The fourth-order valence-corrected chi connectivity index (χ4v) is 4.20. The van der Waals surface area contributed by atoms with Gasteiger partial charge in [-0.2, -0.15) is 0 Å². The van der Waals surface area contributed by atoms with Crippen molar-refractivity contribution in [2.45, 2.75) is 13.0 Å². The third-order valence-corrected chi connectivity index (χ3v) is 5.72. The van der Waals surface area contributed by atoms with Gasteiger partial charge in [0.25, 0.3) is 0 Å². The largest absolute Gasteiger partial charge is 0.481 e. The minimum Gasteiger partial charge on any atom is -0.481 e. The molecule has 0 radical (unpaired) electrons. The second kappa shape index (κ2) is 7.61. The molecule has 5 nitrogen and oxygen atoms in total. The van der Waals surface area contributed by atoms with Gasteiger partial charge in [-0.05, 0) is 51.2 Å². The zero-order chi connectivity index (χ0) is 21.4. The maximum absolute atomic E-state index is 11.2. The van der Waals surface area contributed by atoms with Gasteiger partial charge in [-0.1, -0.05) is 54.6 Å². The molecule has 0 unspecified atom stereocenters. The number of pyridine rings is 1. The van der Waals surface area contributed by atoms with Gasteiger partial charge in [0.15, 0.2) is 0 Å². The summed E-state index contributed by atoms with van der Waals surface area (Å²) >= 11 is 0. The van der Waals surface area contributed by atoms with E-state index in [1.54, 1.807) is 6.20 Å². The number of hydrogen-bond acceptors (Lipinski definition) is 3. The molecule has 0 fully saturated rings. The van der Waals surface area contributed by atoms with Crippen LogP contribution < -0.4 is 5.73 Å². The van der Waals surface area contributed by atoms with Crippen molar-refractivity contribution in [3.8, 4) is 11.1 Å². The van der Waals surface area contributed by atoms with Crippen LogP contribution in [-0.4, -0.2) is 20.6 Å². The van der Waals surface area contributed by atoms with E-state index in [1.807, 2.05) is 42.5 Å². The van der Waals surface area contributed by atoms with E-state index in [4.69, 9.17) is 5.73 Å². The van der Waals surface area contributed by atoms with E-state index >= 15 is 0 Å². The number of carbonyl (C=O) groups is 1. The van der Waals surface area contributed by atoms with Crippen molar-refractivity contribution in [1.29, 1.82) is 0 Å². The molecule has 3 N–H and O–H groups in total. The Morgan fingerprint density at radius 3 is 2.61 bits per heavy atom. The summed E-state index contributed by atoms with van der Waals surface area (Å²) < 4.78 is 2.17. The molecule has 0 amide bonds. The van der Waals surface area contributed by atoms with E-state index in [0.717, 1.165) is 43.9 Å². The van der Waals surface area contributed by atoms with Crippen molar-refractivity contribution in [3.05, 3.63) is 96.3 Å². The summed E-state index contributed by atoms with van der Waals surface area (Å²) in [5.74, 6) is -0.296. The molecule has 0 aliphatic rings. The van der Waals surface area contributed by atoms with Crippen molar-refractivity contribution in [1.82, 2.24) is 9.55 Å². The predicted octanol–water partition coefficient (Wildman–Crippen LogP) is 5.11. The number of aliphatic carboxylic acids is 1. The Hall–Kier alpha value is -4.12. The molecule has 31 heavy (non-hydrogen) atoms. The number of hydrogen-bond donors (Lipinski definition) is 2. The number of carboxylic acids is 1. The first-order chi connectivity index (χ1) is 15.1. The molecule has 0 aliphatic heterocycles. The monoisotopic (exact) mass is 407 g/mol. The van der Waals surface area contributed by atoms with Crippen LogP contribution in [0.5, 0.6) is 0 Å². The first-order valence-corrected chi connectivity index (χ1v) is 10.1. The van der Waals surface area contributed by atoms with Gasteiger partial charge in [0.05, 0.1) is 6.42 Å². The predicted molar refractivity (Wildman–Crippen MR) is 124 cm³/mol. The molecule has 0 bridgehead atoms. The van der Waals surface area contributed by atoms with Gasteiger partial charge in [-0.15, -0.1) is 0 Å². The Morgan fingerprint density at radius 2 is 1.77 bits per heavy atom. The van der Waals surface area contributed by atoms with E-state index in [1.165, 1.54) is 0 Å². The van der Waals surface area contributed by atoms with Crippen LogP contribution in [0.4, 0.5) is 5.82 Å². The number of carboxylic acid groups (broad SMARTS) is 1. The zero-order valence-electron chi connectivity index (χ0n) is 16.8. The lowest BCUT2D eigenvalue weighted by molar-refractivity contribution is -0.136. The topological polar surface area (TPSA) is 81.1 Å². The minimum atomic E-state index is -0.822. The molecule has 0 saturated carbocycles. The fourth-order valence-electron chi connectivity index (χ4n) is 4.20. The van der Waals surface area contributed by atoms with Crippen LogP contribution in [-0.2, 0) is 17.8 Å². The first kappa shape index (κ1) is 18.9. The molecule has 0 atom stereocenters. The van der Waals surface area contributed by atoms with Gasteiger partial charge in [0, 0.05) is 29.8 Å². The smallest absolute Gasteiger partial charge is 0.307 e. The van der Waals surface area contributed by atoms with Crippen LogP contribution in [0.3, 0.4) is 0 Å². The van der Waals surface area contributed by atoms with Crippen LogP contribution in [0.2, 0.25) is 0 Å². The van der Waals surface area contributed by atoms with E-state index in [9.17, 15) is 9.90 Å². The molecule has 0 saturated heterocycles. The molecule has 0 aliphatic carbocycles. The Labute approximate surface area is 179 Å². The maximum atomic E-state index is 11.2. The zero-order valence-corrected chi connectivity index (χ0v) is 16.8. The van der Waals surface area contributed by atoms with Crippen LogP contribution in [0.1, 0.15) is 11.1 Å². The normalized spacial score (nSPS) is 11.2. The van der Waals surface area contributed by atoms with Crippen molar-refractivity contribution in [2.24, 2.45) is 0 Å². The van der Waals surface area contributed by atoms with Crippen LogP contribution >= 0.6 is 0 Å². The molecule has 5 aromatic rings. The molecule has 5 heteroatoms. The lowest BCUT2D eigenvalue weighted by Crippen LogP contribution is -2.06. The Morgan fingerprint density at radius 1 is 0.935 bits per heavy atom. The van der Waals surface area contributed by atoms with E-state index in [2.05, 4.69) is 46.1 Å². The molecule has 5 rings (SSSR count). The number of rotatable bonds is 5. The fraction of sp³-hybridized carbons (Fsp3) is 0.0769. The molecular weight excluding hydrogens is 386 g/mol. The highest BCUT2D eigenvalue weighted by Crippen LogP contribution is 2.32. The molecular formula is C26H21N3O2. The number of benzene rings is 3. The van der Waals surface area contributed by atoms with Crippen molar-refractivity contribution >= 4 is 33.5 Å². The van der Waals surface area contributed by atoms with Crippen LogP contribution in [0, 0.1) is 0 Å². The average Bonchev–Trinajstić information content (AvgIpc) is 3.17. The lowest BCUT2D eigenvalue weighted by atomic mass is 9.98. The van der Waals surface area contributed by atoms with Gasteiger partial charge in [0.1, 0.15) is 5.82 Å². The minimum absolute atomic E-state index is 0.0199. The summed E-state index contributed by atoms with van der Waals surface area (Å²) in [5, 5.41) is 12.4. The van der Waals surface area contributed by atoms with E-state index in [-0.39, 0.29) is 6.42 Å². The molecule has 3 aromatic carbocycles. The highest BCUT2D eigenvalue weighted by molar-refractivity contribution is 6.02. The number of aromatic nitrogens is 2. The highest BCUT2D eigenvalue weighted by atomic mass is 16.4. The Bertz CT molecular complexity index is 1440. The lowest BCUT2D eigenvalue weighted by Gasteiger charge is -2.12. The number of fused-ring (bicyclic) bond motifs is 2. The molecule has 152 valence electrons. The third kappa shape index (κ3) is 3.51. The highest BCUT2D eigenvalue weighted by Gasteiger charge is 2.11. The van der Waals surface area contributed by atoms with E-state index < -0.39 is 5.97 Å². The van der Waals surface area contributed by atoms with Crippen LogP contribution in [0.15, 0.2) is 85.2 Å². The molecule has 2 heterocycles. The number of nitrogens with two attached hydrogens (primary N) is 1. The number of nitrogens with zero attached hydrogens (tertiary/aromatic N) is 2. The van der Waals surface area contributed by atoms with Gasteiger partial charge < -0.3 is 15.4 Å². The average molecular weight is 407 g/mol. The summed E-state index contributed by atoms with van der Waals surface area (Å²) in [4.78, 5) is 15.5. The Kier molecular flexibility index (Phi) is 4.64. The van der Waals surface area contributed by atoms with E-state index in [0.29, 0.717) is 12.4 Å². The van der Waals surface area contributed by atoms with Crippen molar-refractivity contribution in [2.75, 3.05) is 5.73 Å². The maximum Gasteiger partial charge on any atom is 0.307 e. The molecule has 0 spiro atoms. The van der Waals surface area contributed by atoms with Gasteiger partial charge in [-0.3, -0.25) is 4.79 Å². The summed E-state index contributed by atoms with van der Waals surface area (Å²) in [6.07, 6.45) is 3.81. The van der Waals surface area contributed by atoms with Gasteiger partial charge >= 0.3 is 5.97 Å². The van der Waals surface area contributed by atoms with Crippen LogP contribution in [0.25, 0.3) is 32.8 Å². The first-order valence-electron chi connectivity index (χ1n) is 10.1. The third-order valence-electron chi connectivity index (χ3n) is 5.72. The quantitative estimate of drug-likeness (QED) is 0.424. The second-order valence-corrected chi connectivity index (χ2v) is 7.65. The summed E-state index contributed by atoms with van der Waals surface area (Å²) in [7, 11) is 0. The van der Waals surface area contributed by atoms with Gasteiger partial charge in [0.2, 0.25) is 0 Å². The van der Waals surface area contributed by atoms with Crippen molar-refractivity contribution in [3.63, 3.8) is 0 Å². The summed E-state index contributed by atoms with van der Waals surface area (Å²) in [6.45, 7) is 0.614. The Balaban J connectivity index is 1.60. The summed E-state index contributed by atoms with van der Waals surface area (Å²) in [5.41, 5.74) is 11.2.